The molecular formula is C16H21NO4S. The highest BCUT2D eigenvalue weighted by molar-refractivity contribution is 7.99. The molecule has 0 aliphatic carbocycles. The molecule has 1 aliphatic rings. The van der Waals surface area contributed by atoms with Crippen LogP contribution in [0.15, 0.2) is 30.3 Å². The number of carboxylic acid groups (broad SMARTS) is 1. The molecular weight excluding hydrogens is 302 g/mol. The van der Waals surface area contributed by atoms with Gasteiger partial charge in [-0.1, -0.05) is 30.3 Å². The first kappa shape index (κ1) is 16.8. The van der Waals surface area contributed by atoms with Gasteiger partial charge >= 0.3 is 5.97 Å². The third-order valence-corrected chi connectivity index (χ3v) is 4.70. The molecule has 1 aromatic carbocycles. The number of amides is 1. The van der Waals surface area contributed by atoms with Gasteiger partial charge in [0.2, 0.25) is 0 Å². The maximum atomic E-state index is 12.5. The van der Waals surface area contributed by atoms with Crippen LogP contribution in [0.25, 0.3) is 0 Å². The molecule has 2 rings (SSSR count). The molecule has 2 unspecified atom stereocenters. The first-order valence-corrected chi connectivity index (χ1v) is 8.49. The monoisotopic (exact) mass is 323 g/mol. The average molecular weight is 323 g/mol. The number of benzene rings is 1. The molecule has 1 amide bonds. The number of thioether (sulfide) groups is 1. The van der Waals surface area contributed by atoms with E-state index in [2.05, 4.69) is 0 Å². The number of carboxylic acids is 1. The summed E-state index contributed by atoms with van der Waals surface area (Å²) in [4.78, 5) is 25.1. The molecule has 0 aromatic heterocycles. The van der Waals surface area contributed by atoms with Crippen molar-refractivity contribution in [2.45, 2.75) is 32.1 Å². The van der Waals surface area contributed by atoms with E-state index in [0.29, 0.717) is 18.9 Å². The highest BCUT2D eigenvalue weighted by Crippen LogP contribution is 2.20. The van der Waals surface area contributed by atoms with Crippen LogP contribution in [0, 0.1) is 0 Å². The van der Waals surface area contributed by atoms with Crippen molar-refractivity contribution in [3.05, 3.63) is 35.9 Å². The number of aliphatic carboxylic acids is 1. The molecule has 120 valence electrons. The molecule has 1 saturated heterocycles. The normalized spacial score (nSPS) is 19.7. The predicted octanol–water partition coefficient (Wildman–Crippen LogP) is 2.01. The third kappa shape index (κ3) is 4.74. The fourth-order valence-corrected chi connectivity index (χ4v) is 3.48. The molecule has 5 nitrogen and oxygen atoms in total. The lowest BCUT2D eigenvalue weighted by Crippen LogP contribution is -2.50. The fraction of sp³-hybridized carbons (Fsp3) is 0.500. The predicted molar refractivity (Wildman–Crippen MR) is 85.8 cm³/mol. The second-order valence-electron chi connectivity index (χ2n) is 5.30. The lowest BCUT2D eigenvalue weighted by atomic mass is 10.1. The van der Waals surface area contributed by atoms with Gasteiger partial charge in [-0.2, -0.15) is 11.8 Å². The van der Waals surface area contributed by atoms with E-state index >= 15 is 0 Å². The van der Waals surface area contributed by atoms with Crippen LogP contribution in [0.5, 0.6) is 0 Å². The Bertz CT molecular complexity index is 508. The van der Waals surface area contributed by atoms with Crippen LogP contribution in [0.4, 0.5) is 0 Å². The summed E-state index contributed by atoms with van der Waals surface area (Å²) in [7, 11) is 0. The molecule has 1 aliphatic heterocycles. The second-order valence-corrected chi connectivity index (χ2v) is 6.45. The Kier molecular flexibility index (Phi) is 6.27. The van der Waals surface area contributed by atoms with Gasteiger partial charge in [0.05, 0.1) is 19.1 Å². The molecule has 6 heteroatoms. The van der Waals surface area contributed by atoms with Crippen molar-refractivity contribution in [2.24, 2.45) is 0 Å². The van der Waals surface area contributed by atoms with Gasteiger partial charge in [-0.15, -0.1) is 0 Å². The summed E-state index contributed by atoms with van der Waals surface area (Å²) >= 11 is 1.69. The van der Waals surface area contributed by atoms with Crippen molar-refractivity contribution < 1.29 is 19.4 Å². The summed E-state index contributed by atoms with van der Waals surface area (Å²) in [6.45, 7) is 2.69. The lowest BCUT2D eigenvalue weighted by Gasteiger charge is -2.36. The number of rotatable bonds is 6. The molecule has 2 atom stereocenters. The number of hydrogen-bond donors (Lipinski definition) is 1. The Balaban J connectivity index is 1.91. The lowest BCUT2D eigenvalue weighted by molar-refractivity contribution is -0.147. The van der Waals surface area contributed by atoms with E-state index < -0.39 is 12.1 Å². The van der Waals surface area contributed by atoms with Crippen molar-refractivity contribution in [2.75, 3.05) is 18.1 Å². The molecule has 1 N–H and O–H groups in total. The van der Waals surface area contributed by atoms with Crippen LogP contribution in [0.2, 0.25) is 0 Å². The maximum absolute atomic E-state index is 12.5. The van der Waals surface area contributed by atoms with Crippen LogP contribution in [0.1, 0.15) is 18.9 Å². The molecule has 1 fully saturated rings. The van der Waals surface area contributed by atoms with Gasteiger partial charge in [0.25, 0.3) is 5.91 Å². The average Bonchev–Trinajstić information content (AvgIpc) is 2.53. The summed E-state index contributed by atoms with van der Waals surface area (Å²) in [6.07, 6.45) is -0.580. The topological polar surface area (TPSA) is 66.8 Å². The quantitative estimate of drug-likeness (QED) is 0.867. The van der Waals surface area contributed by atoms with Crippen molar-refractivity contribution in [1.82, 2.24) is 4.90 Å². The van der Waals surface area contributed by atoms with E-state index in [0.717, 1.165) is 11.3 Å². The summed E-state index contributed by atoms with van der Waals surface area (Å²) in [5, 5.41) is 8.98. The van der Waals surface area contributed by atoms with E-state index in [1.807, 2.05) is 30.3 Å². The summed E-state index contributed by atoms with van der Waals surface area (Å²) < 4.78 is 5.65. The Hall–Kier alpha value is -1.53. The van der Waals surface area contributed by atoms with Crippen LogP contribution < -0.4 is 0 Å². The summed E-state index contributed by atoms with van der Waals surface area (Å²) in [6, 6.07) is 9.43. The summed E-state index contributed by atoms with van der Waals surface area (Å²) in [5.74, 6) is 0.516. The second kappa shape index (κ2) is 8.19. The van der Waals surface area contributed by atoms with E-state index in [9.17, 15) is 9.59 Å². The van der Waals surface area contributed by atoms with Gasteiger partial charge in [0, 0.05) is 18.1 Å². The Morgan fingerprint density at radius 2 is 2.14 bits per heavy atom. The molecule has 0 saturated carbocycles. The Morgan fingerprint density at radius 1 is 1.41 bits per heavy atom. The van der Waals surface area contributed by atoms with Crippen LogP contribution in [-0.4, -0.2) is 52.1 Å². The van der Waals surface area contributed by atoms with Crippen LogP contribution in [-0.2, 0) is 20.9 Å². The molecule has 22 heavy (non-hydrogen) atoms. The van der Waals surface area contributed by atoms with Gasteiger partial charge in [-0.3, -0.25) is 9.59 Å². The van der Waals surface area contributed by atoms with Gasteiger partial charge in [0.1, 0.15) is 6.10 Å². The van der Waals surface area contributed by atoms with E-state index in [1.165, 1.54) is 0 Å². The van der Waals surface area contributed by atoms with Crippen molar-refractivity contribution in [1.29, 1.82) is 0 Å². The first-order chi connectivity index (χ1) is 10.6. The fourth-order valence-electron chi connectivity index (χ4n) is 2.42. The molecule has 0 bridgehead atoms. The van der Waals surface area contributed by atoms with Crippen molar-refractivity contribution in [3.63, 3.8) is 0 Å². The smallest absolute Gasteiger partial charge is 0.305 e. The molecule has 0 radical (unpaired) electrons. The van der Waals surface area contributed by atoms with E-state index in [4.69, 9.17) is 9.84 Å². The van der Waals surface area contributed by atoms with E-state index in [-0.39, 0.29) is 18.4 Å². The number of carbonyl (C=O) groups excluding carboxylic acids is 1. The zero-order valence-corrected chi connectivity index (χ0v) is 13.4. The van der Waals surface area contributed by atoms with E-state index in [1.54, 1.807) is 23.6 Å². The molecule has 1 heterocycles. The maximum Gasteiger partial charge on any atom is 0.305 e. The number of ether oxygens (including phenoxy) is 1. The standard InChI is InChI=1S/C16H21NO4S/c1-12(21-10-13-5-3-2-4-6-13)16(20)17-7-8-22-11-14(17)9-15(18)19/h2-6,12,14H,7-11H2,1H3,(H,18,19). The molecule has 0 spiro atoms. The third-order valence-electron chi connectivity index (χ3n) is 3.61. The van der Waals surface area contributed by atoms with Gasteiger partial charge in [-0.25, -0.2) is 0 Å². The Morgan fingerprint density at radius 3 is 2.82 bits per heavy atom. The van der Waals surface area contributed by atoms with Gasteiger partial charge in [0.15, 0.2) is 0 Å². The summed E-state index contributed by atoms with van der Waals surface area (Å²) in [5.41, 5.74) is 1.01. The van der Waals surface area contributed by atoms with Crippen molar-refractivity contribution >= 4 is 23.6 Å². The highest BCUT2D eigenvalue weighted by Gasteiger charge is 2.31. The van der Waals surface area contributed by atoms with Crippen LogP contribution in [0.3, 0.4) is 0 Å². The minimum Gasteiger partial charge on any atom is -0.481 e. The zero-order valence-electron chi connectivity index (χ0n) is 12.6. The molecule has 1 aromatic rings. The largest absolute Gasteiger partial charge is 0.481 e. The zero-order chi connectivity index (χ0) is 15.9. The first-order valence-electron chi connectivity index (χ1n) is 7.33. The minimum absolute atomic E-state index is 0.00978. The highest BCUT2D eigenvalue weighted by atomic mass is 32.2. The number of nitrogens with zero attached hydrogens (tertiary/aromatic N) is 1. The Labute approximate surface area is 134 Å². The van der Waals surface area contributed by atoms with Crippen molar-refractivity contribution in [3.8, 4) is 0 Å². The van der Waals surface area contributed by atoms with Crippen LogP contribution >= 0.6 is 11.8 Å². The number of carbonyl (C=O) groups is 2. The van der Waals surface area contributed by atoms with Gasteiger partial charge in [-0.05, 0) is 12.5 Å². The number of hydrogen-bond acceptors (Lipinski definition) is 4. The minimum atomic E-state index is -0.872. The van der Waals surface area contributed by atoms with Gasteiger partial charge < -0.3 is 14.7 Å². The SMILES string of the molecule is CC(OCc1ccccc1)C(=O)N1CCSCC1CC(=O)O.